The van der Waals surface area contributed by atoms with E-state index in [0.29, 0.717) is 24.5 Å². The van der Waals surface area contributed by atoms with E-state index in [1.54, 1.807) is 19.3 Å². The van der Waals surface area contributed by atoms with Crippen molar-refractivity contribution >= 4 is 5.91 Å². The largest absolute Gasteiger partial charge is 0.393 e. The van der Waals surface area contributed by atoms with E-state index in [-0.39, 0.29) is 17.9 Å². The van der Waals surface area contributed by atoms with Crippen LogP contribution < -0.4 is 0 Å². The first-order chi connectivity index (χ1) is 12.1. The van der Waals surface area contributed by atoms with Crippen LogP contribution in [0.2, 0.25) is 0 Å². The SMILES string of the molecule is Cc1ncc(C(=O)N2CCC(C(O)CCc3ccccc3)CC2)cn1. The van der Waals surface area contributed by atoms with Gasteiger partial charge in [0.05, 0.1) is 11.7 Å². The molecule has 25 heavy (non-hydrogen) atoms. The minimum atomic E-state index is -0.305. The molecule has 5 heteroatoms. The van der Waals surface area contributed by atoms with E-state index < -0.39 is 0 Å². The van der Waals surface area contributed by atoms with Gasteiger partial charge in [-0.1, -0.05) is 30.3 Å². The zero-order valence-electron chi connectivity index (χ0n) is 14.6. The van der Waals surface area contributed by atoms with Crippen molar-refractivity contribution in [2.45, 2.75) is 38.7 Å². The molecule has 3 rings (SSSR count). The Morgan fingerprint density at radius 2 is 1.84 bits per heavy atom. The van der Waals surface area contributed by atoms with Gasteiger partial charge in [0.1, 0.15) is 5.82 Å². The summed E-state index contributed by atoms with van der Waals surface area (Å²) < 4.78 is 0. The molecule has 1 fully saturated rings. The smallest absolute Gasteiger partial charge is 0.256 e. The summed E-state index contributed by atoms with van der Waals surface area (Å²) in [5.41, 5.74) is 1.79. The molecule has 1 saturated heterocycles. The second kappa shape index (κ2) is 8.21. The zero-order chi connectivity index (χ0) is 17.6. The predicted octanol–water partition coefficient (Wildman–Crippen LogP) is 2.63. The van der Waals surface area contributed by atoms with Crippen LogP contribution in [-0.2, 0) is 6.42 Å². The van der Waals surface area contributed by atoms with Gasteiger partial charge in [0, 0.05) is 25.5 Å². The first-order valence-electron chi connectivity index (χ1n) is 8.93. The molecule has 1 unspecified atom stereocenters. The molecule has 1 amide bonds. The van der Waals surface area contributed by atoms with Crippen LogP contribution in [0.15, 0.2) is 42.7 Å². The van der Waals surface area contributed by atoms with Gasteiger partial charge >= 0.3 is 0 Å². The molecule has 0 aliphatic carbocycles. The molecular formula is C20H25N3O2. The Bertz CT molecular complexity index is 680. The summed E-state index contributed by atoms with van der Waals surface area (Å²) in [5, 5.41) is 10.5. The van der Waals surface area contributed by atoms with Crippen LogP contribution in [0.4, 0.5) is 0 Å². The van der Waals surface area contributed by atoms with E-state index in [1.807, 2.05) is 23.1 Å². The molecule has 1 atom stereocenters. The molecule has 0 spiro atoms. The van der Waals surface area contributed by atoms with Gasteiger partial charge in [-0.25, -0.2) is 9.97 Å². The molecule has 0 radical (unpaired) electrons. The van der Waals surface area contributed by atoms with Crippen molar-refractivity contribution in [3.8, 4) is 0 Å². The molecule has 1 aromatic carbocycles. The van der Waals surface area contributed by atoms with Gasteiger partial charge in [-0.3, -0.25) is 4.79 Å². The predicted molar refractivity (Wildman–Crippen MR) is 96.2 cm³/mol. The van der Waals surface area contributed by atoms with Crippen LogP contribution in [0.3, 0.4) is 0 Å². The summed E-state index contributed by atoms with van der Waals surface area (Å²) in [6, 6.07) is 10.3. The van der Waals surface area contributed by atoms with Crippen LogP contribution in [-0.4, -0.2) is 45.1 Å². The number of benzene rings is 1. The Hall–Kier alpha value is -2.27. The maximum absolute atomic E-state index is 12.5. The summed E-state index contributed by atoms with van der Waals surface area (Å²) in [6.07, 6.45) is 6.22. The number of nitrogens with zero attached hydrogens (tertiary/aromatic N) is 3. The lowest BCUT2D eigenvalue weighted by molar-refractivity contribution is 0.0436. The Labute approximate surface area is 148 Å². The number of hydrogen-bond acceptors (Lipinski definition) is 4. The number of rotatable bonds is 5. The number of carbonyl (C=O) groups excluding carboxylic acids is 1. The van der Waals surface area contributed by atoms with Crippen molar-refractivity contribution < 1.29 is 9.90 Å². The molecule has 0 bridgehead atoms. The average molecular weight is 339 g/mol. The summed E-state index contributed by atoms with van der Waals surface area (Å²) in [5.74, 6) is 0.913. The van der Waals surface area contributed by atoms with Gasteiger partial charge in [-0.15, -0.1) is 0 Å². The molecule has 1 N–H and O–H groups in total. The van der Waals surface area contributed by atoms with Gasteiger partial charge in [0.15, 0.2) is 0 Å². The first-order valence-corrected chi connectivity index (χ1v) is 8.93. The second-order valence-electron chi connectivity index (χ2n) is 6.74. The molecule has 0 saturated carbocycles. The van der Waals surface area contributed by atoms with E-state index in [2.05, 4.69) is 22.1 Å². The lowest BCUT2D eigenvalue weighted by Crippen LogP contribution is -2.41. The zero-order valence-corrected chi connectivity index (χ0v) is 14.6. The van der Waals surface area contributed by atoms with Gasteiger partial charge < -0.3 is 10.0 Å². The van der Waals surface area contributed by atoms with Crippen molar-refractivity contribution in [3.63, 3.8) is 0 Å². The molecule has 1 aliphatic rings. The van der Waals surface area contributed by atoms with Crippen LogP contribution in [0.25, 0.3) is 0 Å². The fourth-order valence-electron chi connectivity index (χ4n) is 3.37. The molecular weight excluding hydrogens is 314 g/mol. The minimum Gasteiger partial charge on any atom is -0.393 e. The topological polar surface area (TPSA) is 66.3 Å². The number of piperidine rings is 1. The van der Waals surface area contributed by atoms with Crippen molar-refractivity contribution in [1.29, 1.82) is 0 Å². The van der Waals surface area contributed by atoms with Crippen molar-refractivity contribution in [1.82, 2.24) is 14.9 Å². The van der Waals surface area contributed by atoms with Gasteiger partial charge in [-0.2, -0.15) is 0 Å². The molecule has 2 heterocycles. The standard InChI is InChI=1S/C20H25N3O2/c1-15-21-13-18(14-22-15)20(25)23-11-9-17(10-12-23)19(24)8-7-16-5-3-2-4-6-16/h2-6,13-14,17,19,24H,7-12H2,1H3. The Morgan fingerprint density at radius 1 is 1.20 bits per heavy atom. The third-order valence-electron chi connectivity index (χ3n) is 4.97. The van der Waals surface area contributed by atoms with Gasteiger partial charge in [0.2, 0.25) is 0 Å². The van der Waals surface area contributed by atoms with Crippen LogP contribution >= 0.6 is 0 Å². The molecule has 2 aromatic rings. The Balaban J connectivity index is 1.47. The van der Waals surface area contributed by atoms with Crippen LogP contribution in [0, 0.1) is 12.8 Å². The van der Waals surface area contributed by atoms with E-state index in [1.165, 1.54) is 5.56 Å². The molecule has 1 aliphatic heterocycles. The van der Waals surface area contributed by atoms with Crippen molar-refractivity contribution in [2.75, 3.05) is 13.1 Å². The number of aliphatic hydroxyl groups is 1. The maximum Gasteiger partial charge on any atom is 0.256 e. The first kappa shape index (κ1) is 17.5. The maximum atomic E-state index is 12.5. The van der Waals surface area contributed by atoms with Crippen molar-refractivity contribution in [3.05, 3.63) is 59.7 Å². The van der Waals surface area contributed by atoms with E-state index in [0.717, 1.165) is 25.7 Å². The van der Waals surface area contributed by atoms with Gasteiger partial charge in [0.25, 0.3) is 5.91 Å². The molecule has 132 valence electrons. The summed E-state index contributed by atoms with van der Waals surface area (Å²) in [4.78, 5) is 22.5. The van der Waals surface area contributed by atoms with E-state index in [4.69, 9.17) is 0 Å². The number of carbonyl (C=O) groups is 1. The monoisotopic (exact) mass is 339 g/mol. The van der Waals surface area contributed by atoms with Crippen molar-refractivity contribution in [2.24, 2.45) is 5.92 Å². The highest BCUT2D eigenvalue weighted by atomic mass is 16.3. The molecule has 5 nitrogen and oxygen atoms in total. The second-order valence-corrected chi connectivity index (χ2v) is 6.74. The lowest BCUT2D eigenvalue weighted by atomic mass is 9.88. The third-order valence-corrected chi connectivity index (χ3v) is 4.97. The lowest BCUT2D eigenvalue weighted by Gasteiger charge is -2.34. The minimum absolute atomic E-state index is 0.0165. The number of hydrogen-bond donors (Lipinski definition) is 1. The fraction of sp³-hybridized carbons (Fsp3) is 0.450. The third kappa shape index (κ3) is 4.63. The summed E-state index contributed by atoms with van der Waals surface area (Å²) in [6.45, 7) is 3.16. The number of amides is 1. The number of aromatic nitrogens is 2. The normalized spacial score (nSPS) is 16.6. The van der Waals surface area contributed by atoms with Crippen LogP contribution in [0.1, 0.15) is 41.0 Å². The number of aliphatic hydroxyl groups excluding tert-OH is 1. The average Bonchev–Trinajstić information content (AvgIpc) is 2.67. The Kier molecular flexibility index (Phi) is 5.76. The highest BCUT2D eigenvalue weighted by Gasteiger charge is 2.28. The highest BCUT2D eigenvalue weighted by Crippen LogP contribution is 2.24. The number of likely N-dealkylation sites (tertiary alicyclic amines) is 1. The van der Waals surface area contributed by atoms with Gasteiger partial charge in [-0.05, 0) is 44.1 Å². The summed E-state index contributed by atoms with van der Waals surface area (Å²) >= 11 is 0. The summed E-state index contributed by atoms with van der Waals surface area (Å²) in [7, 11) is 0. The molecule has 1 aromatic heterocycles. The Morgan fingerprint density at radius 3 is 2.48 bits per heavy atom. The quantitative estimate of drug-likeness (QED) is 0.909. The van der Waals surface area contributed by atoms with E-state index >= 15 is 0 Å². The highest BCUT2D eigenvalue weighted by molar-refractivity contribution is 5.93. The fourth-order valence-corrected chi connectivity index (χ4v) is 3.37. The van der Waals surface area contributed by atoms with Crippen LogP contribution in [0.5, 0.6) is 0 Å². The number of aryl methyl sites for hydroxylation is 2. The van der Waals surface area contributed by atoms with E-state index in [9.17, 15) is 9.90 Å².